The molecule has 0 aromatic rings. The molecule has 3 nitrogen and oxygen atoms in total. The average Bonchev–Trinajstić information content (AvgIpc) is 2.93. The molecular weight excluding hydrogens is 526 g/mol. The summed E-state index contributed by atoms with van der Waals surface area (Å²) in [5.74, 6) is 0. The van der Waals surface area contributed by atoms with Crippen LogP contribution in [0.2, 0.25) is 0 Å². The molecule has 0 N–H and O–H groups in total. The fourth-order valence-electron chi connectivity index (χ4n) is 6.46. The summed E-state index contributed by atoms with van der Waals surface area (Å²) in [5.41, 5.74) is 0. The van der Waals surface area contributed by atoms with Crippen molar-refractivity contribution < 1.29 is 12.1 Å². The van der Waals surface area contributed by atoms with Crippen molar-refractivity contribution in [2.75, 3.05) is 49.3 Å². The van der Waals surface area contributed by atoms with E-state index >= 15 is 0 Å². The second-order valence-corrected chi connectivity index (χ2v) is 25.3. The van der Waals surface area contributed by atoms with Gasteiger partial charge in [-0.05, 0) is 0 Å². The normalized spacial score (nSPS) is 15.6. The van der Waals surface area contributed by atoms with Crippen LogP contribution in [0.3, 0.4) is 0 Å². The fourth-order valence-corrected chi connectivity index (χ4v) is 23.6. The summed E-state index contributed by atoms with van der Waals surface area (Å²) >= 11 is -1.65. The van der Waals surface area contributed by atoms with E-state index in [1.54, 1.807) is 0 Å². The molecule has 0 aromatic heterocycles. The Morgan fingerprint density at radius 2 is 0.526 bits per heavy atom. The van der Waals surface area contributed by atoms with Crippen LogP contribution in [0.15, 0.2) is 0 Å². The molecule has 0 rings (SSSR count). The predicted octanol–water partition coefficient (Wildman–Crippen LogP) is 11.9. The molecule has 0 spiro atoms. The van der Waals surface area contributed by atoms with Crippen LogP contribution in [0.1, 0.15) is 158 Å². The molecule has 234 valence electrons. The summed E-state index contributed by atoms with van der Waals surface area (Å²) in [5, 5.41) is 0. The molecule has 0 aliphatic heterocycles. The van der Waals surface area contributed by atoms with E-state index in [1.165, 1.54) is 103 Å². The van der Waals surface area contributed by atoms with Gasteiger partial charge in [0.05, 0.1) is 0 Å². The summed E-state index contributed by atoms with van der Waals surface area (Å²) in [7, 11) is 0. The van der Waals surface area contributed by atoms with Gasteiger partial charge < -0.3 is 0 Å². The Morgan fingerprint density at radius 1 is 0.368 bits per heavy atom. The van der Waals surface area contributed by atoms with E-state index in [0.29, 0.717) is 0 Å². The molecule has 0 aliphatic rings. The first-order chi connectivity index (χ1) is 18.2. The molecule has 0 aliphatic carbocycles. The average molecular weight is 599 g/mol. The topological polar surface area (TPSA) is 35.5 Å². The minimum absolute atomic E-state index is 1.14. The quantitative estimate of drug-likeness (QED) is 0.0840. The van der Waals surface area contributed by atoms with Gasteiger partial charge in [-0.3, -0.25) is 0 Å². The molecule has 0 heterocycles. The van der Waals surface area contributed by atoms with Gasteiger partial charge >= 0.3 is 245 Å². The maximum absolute atomic E-state index is 14.5. The van der Waals surface area contributed by atoms with Gasteiger partial charge in [-0.15, -0.1) is 0 Å². The zero-order chi connectivity index (χ0) is 28.9. The maximum atomic E-state index is 14.5. The number of unbranched alkanes of at least 4 members (excludes halogenated alkanes) is 8. The Balaban J connectivity index is 6.76. The molecular formula is C32H72O3P2S. The van der Waals surface area contributed by atoms with Crippen LogP contribution < -0.4 is 0 Å². The van der Waals surface area contributed by atoms with Crippen LogP contribution in [0.4, 0.5) is 0 Å². The summed E-state index contributed by atoms with van der Waals surface area (Å²) in [4.78, 5) is 0. The van der Waals surface area contributed by atoms with Crippen LogP contribution >= 0.6 is 13.7 Å². The summed E-state index contributed by atoms with van der Waals surface area (Å²) in [6.07, 6.45) is 28.1. The van der Waals surface area contributed by atoms with Crippen LogP contribution in [0.25, 0.3) is 0 Å². The summed E-state index contributed by atoms with van der Waals surface area (Å²) < 4.78 is 29.0. The van der Waals surface area contributed by atoms with Crippen molar-refractivity contribution in [2.45, 2.75) is 158 Å². The van der Waals surface area contributed by atoms with Crippen LogP contribution in [0, 0.1) is 0 Å². The molecule has 0 bridgehead atoms. The Labute approximate surface area is 244 Å². The first-order valence-corrected chi connectivity index (χ1v) is 23.8. The second kappa shape index (κ2) is 20.8. The Morgan fingerprint density at radius 3 is 0.658 bits per heavy atom. The molecule has 0 atom stereocenters. The third-order valence-corrected chi connectivity index (χ3v) is 25.1. The first kappa shape index (κ1) is 38.9. The van der Waals surface area contributed by atoms with Crippen molar-refractivity contribution in [3.63, 3.8) is 0 Å². The molecule has 0 aromatic carbocycles. The first-order valence-electron chi connectivity index (χ1n) is 17.1. The van der Waals surface area contributed by atoms with E-state index in [1.807, 2.05) is 0 Å². The number of rotatable bonds is 28. The number of hydrogen-bond donors (Lipinski definition) is 0. The van der Waals surface area contributed by atoms with Crippen molar-refractivity contribution in [2.24, 2.45) is 0 Å². The van der Waals surface area contributed by atoms with E-state index in [9.17, 15) is 4.21 Å². The molecule has 0 fully saturated rings. The third kappa shape index (κ3) is 12.8. The van der Waals surface area contributed by atoms with E-state index in [0.717, 1.165) is 49.3 Å². The Hall–Kier alpha value is 0.930. The van der Waals surface area contributed by atoms with Crippen molar-refractivity contribution in [1.29, 1.82) is 0 Å². The Kier molecular flexibility index (Phi) is 21.3. The zero-order valence-electron chi connectivity index (χ0n) is 27.5. The van der Waals surface area contributed by atoms with E-state index in [2.05, 4.69) is 55.4 Å². The van der Waals surface area contributed by atoms with Gasteiger partial charge in [0.1, 0.15) is 0 Å². The van der Waals surface area contributed by atoms with Crippen molar-refractivity contribution in [3.05, 3.63) is 0 Å². The third-order valence-electron chi connectivity index (χ3n) is 9.16. The van der Waals surface area contributed by atoms with Gasteiger partial charge in [0, 0.05) is 0 Å². The SMILES string of the molecule is CCCCP(CCCC)(CCCC)(CCCC)OS(=O)OP(CCCC)(CCCC)(CCCC)CCCC. The predicted molar refractivity (Wildman–Crippen MR) is 182 cm³/mol. The van der Waals surface area contributed by atoms with E-state index in [-0.39, 0.29) is 0 Å². The van der Waals surface area contributed by atoms with Gasteiger partial charge in [-0.25, -0.2) is 0 Å². The van der Waals surface area contributed by atoms with E-state index in [4.69, 9.17) is 7.94 Å². The van der Waals surface area contributed by atoms with Gasteiger partial charge in [-0.1, -0.05) is 0 Å². The molecule has 6 heteroatoms. The van der Waals surface area contributed by atoms with Gasteiger partial charge in [0.15, 0.2) is 0 Å². The molecule has 0 radical (unpaired) electrons. The van der Waals surface area contributed by atoms with Gasteiger partial charge in [0.2, 0.25) is 0 Å². The zero-order valence-corrected chi connectivity index (χ0v) is 30.1. The summed E-state index contributed by atoms with van der Waals surface area (Å²) in [6, 6.07) is 0. The minimum atomic E-state index is -2.66. The molecule has 0 amide bonds. The van der Waals surface area contributed by atoms with E-state index < -0.39 is 25.0 Å². The standard InChI is InChI=1S/C32H72O3P2S/c1-9-17-25-36(26-18-10-2,27-19-11-3,28-20-12-4)34-38(33)35-37(29-21-13-5,30-22-14-6,31-23-15-7)32-24-16-8/h9-32H2,1-8H3. The molecule has 38 heavy (non-hydrogen) atoms. The van der Waals surface area contributed by atoms with Crippen LogP contribution in [-0.4, -0.2) is 53.5 Å². The fraction of sp³-hybridized carbons (Fsp3) is 1.00. The molecule has 0 unspecified atom stereocenters. The Bertz CT molecular complexity index is 476. The van der Waals surface area contributed by atoms with Crippen molar-refractivity contribution in [1.82, 2.24) is 0 Å². The van der Waals surface area contributed by atoms with Gasteiger partial charge in [-0.2, -0.15) is 0 Å². The summed E-state index contributed by atoms with van der Waals surface area (Å²) in [6.45, 7) is 13.1. The van der Waals surface area contributed by atoms with Crippen molar-refractivity contribution in [3.8, 4) is 0 Å². The second-order valence-electron chi connectivity index (χ2n) is 12.7. The number of hydrogen-bond acceptors (Lipinski definition) is 3. The van der Waals surface area contributed by atoms with Gasteiger partial charge in [0.25, 0.3) is 0 Å². The van der Waals surface area contributed by atoms with Crippen LogP contribution in [0.5, 0.6) is 0 Å². The molecule has 0 saturated carbocycles. The monoisotopic (exact) mass is 598 g/mol. The molecule has 0 saturated heterocycles. The van der Waals surface area contributed by atoms with Crippen molar-refractivity contribution >= 4 is 25.0 Å². The van der Waals surface area contributed by atoms with Crippen LogP contribution in [-0.2, 0) is 19.3 Å².